The molecule has 5 heteroatoms. The Morgan fingerprint density at radius 2 is 2.23 bits per heavy atom. The first kappa shape index (κ1) is 7.85. The molecule has 66 valence electrons. The number of hydrogen-bond donors (Lipinski definition) is 0. The largest absolute Gasteiger partial charge is 0.207 e. The maximum absolute atomic E-state index is 12.7. The van der Waals surface area contributed by atoms with Crippen molar-refractivity contribution in [1.82, 2.24) is 20.2 Å². The summed E-state index contributed by atoms with van der Waals surface area (Å²) < 4.78 is 14.2. The van der Waals surface area contributed by atoms with E-state index in [4.69, 9.17) is 0 Å². The zero-order chi connectivity index (χ0) is 9.26. The number of aromatic nitrogens is 4. The Morgan fingerprint density at radius 3 is 2.85 bits per heavy atom. The van der Waals surface area contributed by atoms with Crippen LogP contribution in [0.2, 0.25) is 0 Å². The van der Waals surface area contributed by atoms with Crippen LogP contribution in [0.3, 0.4) is 0 Å². The van der Waals surface area contributed by atoms with E-state index in [1.54, 1.807) is 13.0 Å². The molecule has 0 spiro atoms. The molecule has 0 N–H and O–H groups in total. The number of nitrogens with zero attached hydrogens (tertiary/aromatic N) is 4. The molecule has 4 nitrogen and oxygen atoms in total. The van der Waals surface area contributed by atoms with Gasteiger partial charge in [-0.05, 0) is 41.1 Å². The molecule has 0 aliphatic heterocycles. The van der Waals surface area contributed by atoms with Crippen LogP contribution in [0.1, 0.15) is 5.56 Å². The summed E-state index contributed by atoms with van der Waals surface area (Å²) in [6, 6.07) is 4.46. The van der Waals surface area contributed by atoms with Crippen molar-refractivity contribution in [2.75, 3.05) is 0 Å². The van der Waals surface area contributed by atoms with Crippen molar-refractivity contribution in [1.29, 1.82) is 0 Å². The van der Waals surface area contributed by atoms with Gasteiger partial charge in [0, 0.05) is 0 Å². The van der Waals surface area contributed by atoms with Gasteiger partial charge < -0.3 is 0 Å². The van der Waals surface area contributed by atoms with Gasteiger partial charge in [-0.3, -0.25) is 0 Å². The maximum Gasteiger partial charge on any atom is 0.143 e. The summed E-state index contributed by atoms with van der Waals surface area (Å²) in [4.78, 5) is 0. The molecule has 0 unspecified atom stereocenters. The molecule has 0 bridgehead atoms. The van der Waals surface area contributed by atoms with Crippen LogP contribution >= 0.6 is 0 Å². The lowest BCUT2D eigenvalue weighted by Gasteiger charge is -2.02. The Kier molecular flexibility index (Phi) is 1.77. The van der Waals surface area contributed by atoms with Crippen molar-refractivity contribution < 1.29 is 4.39 Å². The van der Waals surface area contributed by atoms with Crippen molar-refractivity contribution in [2.45, 2.75) is 6.92 Å². The number of rotatable bonds is 1. The van der Waals surface area contributed by atoms with Crippen LogP contribution in [0.15, 0.2) is 24.5 Å². The third-order valence-electron chi connectivity index (χ3n) is 1.75. The van der Waals surface area contributed by atoms with Crippen molar-refractivity contribution in [3.8, 4) is 5.69 Å². The lowest BCUT2D eigenvalue weighted by atomic mass is 10.2. The Balaban J connectivity index is 2.53. The average Bonchev–Trinajstić information content (AvgIpc) is 2.56. The highest BCUT2D eigenvalue weighted by Gasteiger charge is 2.02. The molecule has 1 aromatic heterocycles. The lowest BCUT2D eigenvalue weighted by molar-refractivity contribution is 0.625. The second-order valence-corrected chi connectivity index (χ2v) is 2.69. The van der Waals surface area contributed by atoms with E-state index in [0.717, 1.165) is 11.3 Å². The van der Waals surface area contributed by atoms with Crippen LogP contribution in [0.4, 0.5) is 4.39 Å². The van der Waals surface area contributed by atoms with E-state index in [-0.39, 0.29) is 5.82 Å². The number of tetrazole rings is 1. The molecule has 0 atom stereocenters. The fourth-order valence-electron chi connectivity index (χ4n) is 1.15. The molecule has 13 heavy (non-hydrogen) atoms. The second kappa shape index (κ2) is 2.93. The van der Waals surface area contributed by atoms with Crippen LogP contribution in [0, 0.1) is 12.7 Å². The molecular weight excluding hydrogens is 171 g/mol. The van der Waals surface area contributed by atoms with Crippen LogP contribution in [-0.2, 0) is 0 Å². The Bertz CT molecular complexity index is 410. The molecule has 0 aliphatic carbocycles. The van der Waals surface area contributed by atoms with E-state index in [1.165, 1.54) is 23.1 Å². The monoisotopic (exact) mass is 178 g/mol. The molecule has 0 fully saturated rings. The van der Waals surface area contributed by atoms with E-state index < -0.39 is 0 Å². The summed E-state index contributed by atoms with van der Waals surface area (Å²) in [5, 5.41) is 10.7. The Hall–Kier alpha value is -1.78. The molecule has 0 saturated heterocycles. The average molecular weight is 178 g/mol. The number of halogens is 1. The third kappa shape index (κ3) is 1.40. The van der Waals surface area contributed by atoms with Gasteiger partial charge in [-0.1, -0.05) is 0 Å². The lowest BCUT2D eigenvalue weighted by Crippen LogP contribution is -1.98. The van der Waals surface area contributed by atoms with Crippen LogP contribution in [-0.4, -0.2) is 20.2 Å². The van der Waals surface area contributed by atoms with Gasteiger partial charge in [0.15, 0.2) is 0 Å². The standard InChI is InChI=1S/C8H7FN4/c1-6-4-7(9)2-3-8(6)13-5-10-11-12-13/h2-5H,1H3. The molecule has 1 heterocycles. The van der Waals surface area contributed by atoms with E-state index in [0.29, 0.717) is 0 Å². The van der Waals surface area contributed by atoms with Gasteiger partial charge in [0.1, 0.15) is 12.1 Å². The molecule has 0 aliphatic rings. The smallest absolute Gasteiger partial charge is 0.143 e. The number of hydrogen-bond acceptors (Lipinski definition) is 3. The topological polar surface area (TPSA) is 43.6 Å². The summed E-state index contributed by atoms with van der Waals surface area (Å²) in [7, 11) is 0. The Morgan fingerprint density at radius 1 is 1.38 bits per heavy atom. The van der Waals surface area contributed by atoms with E-state index >= 15 is 0 Å². The molecule has 0 saturated carbocycles. The fraction of sp³-hybridized carbons (Fsp3) is 0.125. The minimum absolute atomic E-state index is 0.255. The van der Waals surface area contributed by atoms with Crippen molar-refractivity contribution in [2.24, 2.45) is 0 Å². The maximum atomic E-state index is 12.7. The van der Waals surface area contributed by atoms with Crippen LogP contribution in [0.25, 0.3) is 5.69 Å². The summed E-state index contributed by atoms with van der Waals surface area (Å²) >= 11 is 0. The highest BCUT2D eigenvalue weighted by Crippen LogP contribution is 2.12. The van der Waals surface area contributed by atoms with Gasteiger partial charge in [0.25, 0.3) is 0 Å². The minimum Gasteiger partial charge on any atom is -0.207 e. The molecule has 1 aromatic carbocycles. The van der Waals surface area contributed by atoms with Crippen molar-refractivity contribution in [3.63, 3.8) is 0 Å². The van der Waals surface area contributed by atoms with Gasteiger partial charge in [-0.25, -0.2) is 9.07 Å². The van der Waals surface area contributed by atoms with E-state index in [9.17, 15) is 4.39 Å². The quantitative estimate of drug-likeness (QED) is 0.657. The Labute approximate surface area is 74.0 Å². The SMILES string of the molecule is Cc1cc(F)ccc1-n1cnnn1. The predicted molar refractivity (Wildman–Crippen MR) is 43.8 cm³/mol. The van der Waals surface area contributed by atoms with E-state index in [1.807, 2.05) is 0 Å². The first-order valence-electron chi connectivity index (χ1n) is 3.77. The van der Waals surface area contributed by atoms with Gasteiger partial charge in [0.05, 0.1) is 5.69 Å². The highest BCUT2D eigenvalue weighted by molar-refractivity contribution is 5.38. The molecular formula is C8H7FN4. The van der Waals surface area contributed by atoms with Crippen molar-refractivity contribution >= 4 is 0 Å². The zero-order valence-corrected chi connectivity index (χ0v) is 6.98. The highest BCUT2D eigenvalue weighted by atomic mass is 19.1. The molecule has 2 aromatic rings. The molecule has 2 rings (SSSR count). The van der Waals surface area contributed by atoms with Gasteiger partial charge in [0.2, 0.25) is 0 Å². The fourth-order valence-corrected chi connectivity index (χ4v) is 1.15. The zero-order valence-electron chi connectivity index (χ0n) is 6.98. The first-order valence-corrected chi connectivity index (χ1v) is 3.77. The van der Waals surface area contributed by atoms with Crippen molar-refractivity contribution in [3.05, 3.63) is 35.9 Å². The van der Waals surface area contributed by atoms with E-state index in [2.05, 4.69) is 15.5 Å². The number of aryl methyl sites for hydroxylation is 1. The summed E-state index contributed by atoms with van der Waals surface area (Å²) in [5.41, 5.74) is 1.58. The normalized spacial score (nSPS) is 10.3. The summed E-state index contributed by atoms with van der Waals surface area (Å²) in [6.45, 7) is 1.81. The number of benzene rings is 1. The predicted octanol–water partition coefficient (Wildman–Crippen LogP) is 1.11. The summed E-state index contributed by atoms with van der Waals surface area (Å²) in [6.07, 6.45) is 1.47. The molecule has 0 radical (unpaired) electrons. The van der Waals surface area contributed by atoms with Gasteiger partial charge in [-0.2, -0.15) is 0 Å². The minimum atomic E-state index is -0.255. The summed E-state index contributed by atoms with van der Waals surface area (Å²) in [5.74, 6) is -0.255. The van der Waals surface area contributed by atoms with Crippen LogP contribution in [0.5, 0.6) is 0 Å². The van der Waals surface area contributed by atoms with Gasteiger partial charge >= 0.3 is 0 Å². The molecule has 0 amide bonds. The third-order valence-corrected chi connectivity index (χ3v) is 1.75. The van der Waals surface area contributed by atoms with Gasteiger partial charge in [-0.15, -0.1) is 5.10 Å². The first-order chi connectivity index (χ1) is 6.27. The van der Waals surface area contributed by atoms with Crippen LogP contribution < -0.4 is 0 Å². The second-order valence-electron chi connectivity index (χ2n) is 2.69.